The molecule has 1 heterocycles. The van der Waals surface area contributed by atoms with Crippen molar-refractivity contribution in [2.24, 2.45) is 0 Å². The van der Waals surface area contributed by atoms with Gasteiger partial charge in [0.2, 0.25) is 0 Å². The third-order valence-electron chi connectivity index (χ3n) is 2.87. The van der Waals surface area contributed by atoms with Gasteiger partial charge in [-0.05, 0) is 6.42 Å². The third kappa shape index (κ3) is 5.66. The van der Waals surface area contributed by atoms with Crippen molar-refractivity contribution in [3.8, 4) is 6.07 Å². The van der Waals surface area contributed by atoms with Crippen molar-refractivity contribution >= 4 is 5.97 Å². The average molecular weight is 239 g/mol. The lowest BCUT2D eigenvalue weighted by Gasteiger charge is -2.32. The number of carbonyl (C=O) groups excluding carboxylic acids is 1. The van der Waals surface area contributed by atoms with E-state index in [9.17, 15) is 4.79 Å². The van der Waals surface area contributed by atoms with E-state index in [2.05, 4.69) is 22.8 Å². The molecule has 1 aliphatic heterocycles. The summed E-state index contributed by atoms with van der Waals surface area (Å²) in [5.41, 5.74) is 0. The van der Waals surface area contributed by atoms with E-state index in [1.165, 1.54) is 0 Å². The van der Waals surface area contributed by atoms with Gasteiger partial charge < -0.3 is 4.74 Å². The molecule has 1 saturated heterocycles. The Morgan fingerprint density at radius 1 is 1.29 bits per heavy atom. The maximum Gasteiger partial charge on any atom is 0.320 e. The van der Waals surface area contributed by atoms with Gasteiger partial charge in [-0.2, -0.15) is 5.26 Å². The number of piperazine rings is 1. The molecule has 0 aromatic heterocycles. The number of unbranched alkanes of at least 4 members (excludes halogenated alkanes) is 1. The molecule has 0 N–H and O–H groups in total. The van der Waals surface area contributed by atoms with Crippen LogP contribution in [0.4, 0.5) is 0 Å². The molecule has 0 aliphatic carbocycles. The summed E-state index contributed by atoms with van der Waals surface area (Å²) in [7, 11) is 0. The molecule has 0 unspecified atom stereocenters. The summed E-state index contributed by atoms with van der Waals surface area (Å²) in [6.45, 7) is 6.85. The lowest BCUT2D eigenvalue weighted by molar-refractivity contribution is -0.145. The Hall–Kier alpha value is -1.12. The molecule has 0 bridgehead atoms. The van der Waals surface area contributed by atoms with Crippen molar-refractivity contribution in [1.29, 1.82) is 5.26 Å². The highest BCUT2D eigenvalue weighted by Gasteiger charge is 2.18. The van der Waals surface area contributed by atoms with Gasteiger partial charge in [-0.3, -0.25) is 14.6 Å². The Morgan fingerprint density at radius 3 is 2.53 bits per heavy atom. The Labute approximate surface area is 103 Å². The zero-order valence-corrected chi connectivity index (χ0v) is 10.5. The number of carbonyl (C=O) groups is 1. The highest BCUT2D eigenvalue weighted by molar-refractivity contribution is 5.71. The van der Waals surface area contributed by atoms with E-state index in [0.29, 0.717) is 19.7 Å². The van der Waals surface area contributed by atoms with Crippen LogP contribution < -0.4 is 0 Å². The van der Waals surface area contributed by atoms with Crippen LogP contribution in [0.3, 0.4) is 0 Å². The van der Waals surface area contributed by atoms with E-state index in [0.717, 1.165) is 39.0 Å². The monoisotopic (exact) mass is 239 g/mol. The summed E-state index contributed by atoms with van der Waals surface area (Å²) in [4.78, 5) is 15.6. The highest BCUT2D eigenvalue weighted by Crippen LogP contribution is 2.01. The summed E-state index contributed by atoms with van der Waals surface area (Å²) in [5, 5.41) is 8.57. The highest BCUT2D eigenvalue weighted by atomic mass is 16.5. The molecule has 96 valence electrons. The molecule has 0 radical (unpaired) electrons. The quantitative estimate of drug-likeness (QED) is 0.383. The van der Waals surface area contributed by atoms with Crippen LogP contribution in [-0.2, 0) is 9.53 Å². The van der Waals surface area contributed by atoms with Gasteiger partial charge in [0.15, 0.2) is 0 Å². The second-order valence-electron chi connectivity index (χ2n) is 4.28. The van der Waals surface area contributed by atoms with Gasteiger partial charge in [-0.25, -0.2) is 0 Å². The molecule has 0 aromatic rings. The normalized spacial score (nSPS) is 17.6. The molecule has 0 spiro atoms. The van der Waals surface area contributed by atoms with Crippen molar-refractivity contribution < 1.29 is 9.53 Å². The topological polar surface area (TPSA) is 56.6 Å². The summed E-state index contributed by atoms with van der Waals surface area (Å²) in [6, 6.07) is 2.14. The van der Waals surface area contributed by atoms with Gasteiger partial charge in [0.1, 0.15) is 0 Å². The maximum atomic E-state index is 11.5. The standard InChI is InChI=1S/C12H21N3O2/c1-2-3-10-17-12(16)11-15-8-6-14(5-4-13)7-9-15/h2-3,5-11H2,1H3. The van der Waals surface area contributed by atoms with Gasteiger partial charge in [-0.1, -0.05) is 13.3 Å². The first-order chi connectivity index (χ1) is 8.26. The number of esters is 1. The smallest absolute Gasteiger partial charge is 0.320 e. The number of ether oxygens (including phenoxy) is 1. The fraction of sp³-hybridized carbons (Fsp3) is 0.833. The molecule has 0 aromatic carbocycles. The molecule has 0 atom stereocenters. The first kappa shape index (κ1) is 13.9. The summed E-state index contributed by atoms with van der Waals surface area (Å²) in [5.74, 6) is -0.132. The lowest BCUT2D eigenvalue weighted by atomic mass is 10.3. The Balaban J connectivity index is 2.13. The molecule has 0 amide bonds. The second-order valence-corrected chi connectivity index (χ2v) is 4.28. The SMILES string of the molecule is CCCCOC(=O)CN1CCN(CC#N)CC1. The van der Waals surface area contributed by atoms with Crippen molar-refractivity contribution in [3.05, 3.63) is 0 Å². The first-order valence-electron chi connectivity index (χ1n) is 6.23. The van der Waals surface area contributed by atoms with Gasteiger partial charge >= 0.3 is 5.97 Å². The van der Waals surface area contributed by atoms with Crippen molar-refractivity contribution in [2.45, 2.75) is 19.8 Å². The number of hydrogen-bond acceptors (Lipinski definition) is 5. The van der Waals surface area contributed by atoms with E-state index in [-0.39, 0.29) is 5.97 Å². The largest absolute Gasteiger partial charge is 0.465 e. The van der Waals surface area contributed by atoms with E-state index in [1.54, 1.807) is 0 Å². The average Bonchev–Trinajstić information content (AvgIpc) is 2.32. The fourth-order valence-corrected chi connectivity index (χ4v) is 1.76. The molecule has 5 heteroatoms. The predicted octanol–water partition coefficient (Wildman–Crippen LogP) is 0.471. The van der Waals surface area contributed by atoms with Gasteiger partial charge in [0.25, 0.3) is 0 Å². The van der Waals surface area contributed by atoms with E-state index >= 15 is 0 Å². The van der Waals surface area contributed by atoms with Crippen LogP contribution in [0.2, 0.25) is 0 Å². The summed E-state index contributed by atoms with van der Waals surface area (Å²) in [6.07, 6.45) is 1.97. The van der Waals surface area contributed by atoms with Crippen LogP contribution in [-0.4, -0.2) is 61.6 Å². The van der Waals surface area contributed by atoms with Crippen LogP contribution in [0.15, 0.2) is 0 Å². The number of nitrogens with zero attached hydrogens (tertiary/aromatic N) is 3. The molecule has 0 saturated carbocycles. The Morgan fingerprint density at radius 2 is 1.94 bits per heavy atom. The first-order valence-corrected chi connectivity index (χ1v) is 6.23. The molecule has 1 fully saturated rings. The molecule has 17 heavy (non-hydrogen) atoms. The molecule has 1 rings (SSSR count). The maximum absolute atomic E-state index is 11.5. The van der Waals surface area contributed by atoms with Crippen molar-refractivity contribution in [3.63, 3.8) is 0 Å². The lowest BCUT2D eigenvalue weighted by Crippen LogP contribution is -2.48. The van der Waals surface area contributed by atoms with E-state index < -0.39 is 0 Å². The minimum absolute atomic E-state index is 0.132. The van der Waals surface area contributed by atoms with Crippen LogP contribution in [0, 0.1) is 11.3 Å². The Bertz CT molecular complexity index is 267. The van der Waals surface area contributed by atoms with Crippen molar-refractivity contribution in [1.82, 2.24) is 9.80 Å². The summed E-state index contributed by atoms with van der Waals surface area (Å²) >= 11 is 0. The third-order valence-corrected chi connectivity index (χ3v) is 2.87. The van der Waals surface area contributed by atoms with Crippen LogP contribution in [0.25, 0.3) is 0 Å². The van der Waals surface area contributed by atoms with Gasteiger partial charge in [0.05, 0.1) is 25.8 Å². The zero-order valence-electron chi connectivity index (χ0n) is 10.5. The van der Waals surface area contributed by atoms with E-state index in [4.69, 9.17) is 10.00 Å². The minimum atomic E-state index is -0.132. The number of rotatable bonds is 6. The molecular formula is C12H21N3O2. The van der Waals surface area contributed by atoms with Gasteiger partial charge in [-0.15, -0.1) is 0 Å². The Kier molecular flexibility index (Phi) is 6.60. The predicted molar refractivity (Wildman–Crippen MR) is 64.4 cm³/mol. The van der Waals surface area contributed by atoms with Crippen LogP contribution in [0.1, 0.15) is 19.8 Å². The minimum Gasteiger partial charge on any atom is -0.465 e. The number of nitriles is 1. The van der Waals surface area contributed by atoms with Crippen LogP contribution in [0.5, 0.6) is 0 Å². The van der Waals surface area contributed by atoms with Crippen LogP contribution >= 0.6 is 0 Å². The number of hydrogen-bond donors (Lipinski definition) is 0. The zero-order chi connectivity index (χ0) is 12.5. The second kappa shape index (κ2) is 8.04. The fourth-order valence-electron chi connectivity index (χ4n) is 1.76. The van der Waals surface area contributed by atoms with Crippen molar-refractivity contribution in [2.75, 3.05) is 45.9 Å². The van der Waals surface area contributed by atoms with Gasteiger partial charge in [0, 0.05) is 26.2 Å². The summed E-state index contributed by atoms with van der Waals surface area (Å²) < 4.78 is 5.11. The molecule has 1 aliphatic rings. The van der Waals surface area contributed by atoms with E-state index in [1.807, 2.05) is 0 Å². The molecular weight excluding hydrogens is 218 g/mol. The molecule has 5 nitrogen and oxygen atoms in total.